The summed E-state index contributed by atoms with van der Waals surface area (Å²) in [6.07, 6.45) is 0.163. The Morgan fingerprint density at radius 1 is 1.45 bits per heavy atom. The molecule has 20 heavy (non-hydrogen) atoms. The Hall–Kier alpha value is -1.15. The highest BCUT2D eigenvalue weighted by Crippen LogP contribution is 2.30. The molecule has 0 spiro atoms. The summed E-state index contributed by atoms with van der Waals surface area (Å²) in [5.74, 6) is 0.435. The van der Waals surface area contributed by atoms with Crippen LogP contribution >= 0.6 is 34.2 Å². The number of nitrogens with zero attached hydrogens (tertiary/aromatic N) is 3. The fourth-order valence-corrected chi connectivity index (χ4v) is 3.16. The van der Waals surface area contributed by atoms with E-state index in [1.165, 1.54) is 11.9 Å². The van der Waals surface area contributed by atoms with Gasteiger partial charge in [-0.1, -0.05) is 0 Å². The van der Waals surface area contributed by atoms with Gasteiger partial charge in [-0.3, -0.25) is 14.5 Å². The third-order valence-electron chi connectivity index (χ3n) is 3.51. The van der Waals surface area contributed by atoms with Gasteiger partial charge in [-0.15, -0.1) is 11.6 Å². The second kappa shape index (κ2) is 5.00. The van der Waals surface area contributed by atoms with Gasteiger partial charge in [0.25, 0.3) is 5.91 Å². The maximum absolute atomic E-state index is 12.2. The number of carbonyl (C=O) groups excluding carboxylic acids is 2. The van der Waals surface area contributed by atoms with Crippen molar-refractivity contribution in [3.05, 3.63) is 27.6 Å². The summed E-state index contributed by atoms with van der Waals surface area (Å²) in [5.41, 5.74) is 1.63. The first-order chi connectivity index (χ1) is 9.52. The Kier molecular flexibility index (Phi) is 3.45. The number of rotatable bonds is 2. The number of halogens is 2. The van der Waals surface area contributed by atoms with Crippen LogP contribution in [-0.4, -0.2) is 33.3 Å². The minimum atomic E-state index is -0.536. The van der Waals surface area contributed by atoms with Gasteiger partial charge in [0.05, 0.1) is 23.3 Å². The topological polar surface area (TPSA) is 55.2 Å². The lowest BCUT2D eigenvalue weighted by molar-refractivity contribution is -0.137. The quantitative estimate of drug-likeness (QED) is 0.439. The number of carbonyl (C=O) groups is 2. The molecular weight excluding hydrogens is 393 g/mol. The Bertz CT molecular complexity index is 728. The largest absolute Gasteiger partial charge is 0.314 e. The standard InChI is InChI=1S/C13H11ClIN3O2/c1-17-12(19)5-10(13(17)20)18-9-3-2-7(15)4-8(9)16-11(18)6-14/h2-4,10H,5-6H2,1H3. The minimum Gasteiger partial charge on any atom is -0.314 e. The molecule has 7 heteroatoms. The van der Waals surface area contributed by atoms with Crippen LogP contribution in [0.4, 0.5) is 0 Å². The van der Waals surface area contributed by atoms with E-state index < -0.39 is 6.04 Å². The number of imidazole rings is 1. The molecule has 1 saturated heterocycles. The first-order valence-corrected chi connectivity index (χ1v) is 7.67. The maximum Gasteiger partial charge on any atom is 0.252 e. The number of benzene rings is 1. The zero-order chi connectivity index (χ0) is 14.4. The van der Waals surface area contributed by atoms with Crippen molar-refractivity contribution < 1.29 is 9.59 Å². The van der Waals surface area contributed by atoms with Crippen molar-refractivity contribution in [1.29, 1.82) is 0 Å². The van der Waals surface area contributed by atoms with E-state index >= 15 is 0 Å². The fourth-order valence-electron chi connectivity index (χ4n) is 2.50. The van der Waals surface area contributed by atoms with Crippen molar-refractivity contribution in [2.75, 3.05) is 7.05 Å². The molecule has 5 nitrogen and oxygen atoms in total. The maximum atomic E-state index is 12.2. The predicted molar refractivity (Wildman–Crippen MR) is 83.4 cm³/mol. The van der Waals surface area contributed by atoms with Crippen molar-refractivity contribution in [3.8, 4) is 0 Å². The first-order valence-electron chi connectivity index (χ1n) is 6.05. The van der Waals surface area contributed by atoms with Crippen LogP contribution < -0.4 is 0 Å². The van der Waals surface area contributed by atoms with E-state index in [-0.39, 0.29) is 24.1 Å². The van der Waals surface area contributed by atoms with Gasteiger partial charge in [0.1, 0.15) is 11.9 Å². The molecule has 2 aromatic rings. The number of hydrogen-bond donors (Lipinski definition) is 0. The third-order valence-corrected chi connectivity index (χ3v) is 4.42. The summed E-state index contributed by atoms with van der Waals surface area (Å²) < 4.78 is 2.86. The molecule has 104 valence electrons. The number of likely N-dealkylation sites (N-methyl/N-ethyl adjacent to an activating group) is 1. The monoisotopic (exact) mass is 403 g/mol. The number of likely N-dealkylation sites (tertiary alicyclic amines) is 1. The van der Waals surface area contributed by atoms with Gasteiger partial charge in [0.15, 0.2) is 0 Å². The Balaban J connectivity index is 2.20. The summed E-state index contributed by atoms with van der Waals surface area (Å²) in [6.45, 7) is 0. The van der Waals surface area contributed by atoms with Crippen molar-refractivity contribution in [2.45, 2.75) is 18.3 Å². The molecule has 3 rings (SSSR count). The number of amides is 2. The highest BCUT2D eigenvalue weighted by atomic mass is 127. The number of aromatic nitrogens is 2. The van der Waals surface area contributed by atoms with E-state index in [4.69, 9.17) is 11.6 Å². The van der Waals surface area contributed by atoms with Crippen LogP contribution in [0.1, 0.15) is 18.3 Å². The van der Waals surface area contributed by atoms with Crippen molar-refractivity contribution in [2.24, 2.45) is 0 Å². The second-order valence-corrected chi connectivity index (χ2v) is 6.19. The number of fused-ring (bicyclic) bond motifs is 1. The molecule has 1 aliphatic rings. The van der Waals surface area contributed by atoms with E-state index in [0.717, 1.165) is 14.6 Å². The molecule has 0 N–H and O–H groups in total. The van der Waals surface area contributed by atoms with Crippen LogP contribution in [-0.2, 0) is 15.5 Å². The molecular formula is C13H11ClIN3O2. The van der Waals surface area contributed by atoms with Crippen LogP contribution in [0, 0.1) is 3.57 Å². The van der Waals surface area contributed by atoms with Gasteiger partial charge in [0, 0.05) is 10.6 Å². The third kappa shape index (κ3) is 2.01. The van der Waals surface area contributed by atoms with Crippen LogP contribution in [0.3, 0.4) is 0 Å². The second-order valence-electron chi connectivity index (χ2n) is 4.68. The highest BCUT2D eigenvalue weighted by Gasteiger charge is 2.38. The molecule has 0 radical (unpaired) electrons. The average molecular weight is 404 g/mol. The normalized spacial score (nSPS) is 19.4. The van der Waals surface area contributed by atoms with Gasteiger partial charge in [-0.05, 0) is 40.8 Å². The molecule has 1 unspecified atom stereocenters. The molecule has 1 fully saturated rings. The SMILES string of the molecule is CN1C(=O)CC(n2c(CCl)nc3cc(I)ccc32)C1=O. The van der Waals surface area contributed by atoms with Crippen molar-refractivity contribution in [3.63, 3.8) is 0 Å². The fraction of sp³-hybridized carbons (Fsp3) is 0.308. The van der Waals surface area contributed by atoms with Gasteiger partial charge < -0.3 is 4.57 Å². The smallest absolute Gasteiger partial charge is 0.252 e. The molecule has 0 bridgehead atoms. The Labute approximate surface area is 134 Å². The lowest BCUT2D eigenvalue weighted by Gasteiger charge is -2.14. The average Bonchev–Trinajstić information content (AvgIpc) is 2.90. The van der Waals surface area contributed by atoms with Crippen LogP contribution in [0.5, 0.6) is 0 Å². The number of hydrogen-bond acceptors (Lipinski definition) is 3. The summed E-state index contributed by atoms with van der Waals surface area (Å²) >= 11 is 8.16. The molecule has 2 amide bonds. The lowest BCUT2D eigenvalue weighted by atomic mass is 10.2. The van der Waals surface area contributed by atoms with Crippen LogP contribution in [0.25, 0.3) is 11.0 Å². The summed E-state index contributed by atoms with van der Waals surface area (Å²) in [7, 11) is 1.51. The molecule has 1 atom stereocenters. The van der Waals surface area contributed by atoms with E-state index in [1.54, 1.807) is 4.57 Å². The summed E-state index contributed by atoms with van der Waals surface area (Å²) in [4.78, 5) is 29.6. The van der Waals surface area contributed by atoms with Gasteiger partial charge >= 0.3 is 0 Å². The molecule has 0 saturated carbocycles. The Morgan fingerprint density at radius 3 is 2.80 bits per heavy atom. The first kappa shape index (κ1) is 13.8. The summed E-state index contributed by atoms with van der Waals surface area (Å²) in [6, 6.07) is 5.26. The zero-order valence-electron chi connectivity index (χ0n) is 10.6. The van der Waals surface area contributed by atoms with Crippen LogP contribution in [0.15, 0.2) is 18.2 Å². The highest BCUT2D eigenvalue weighted by molar-refractivity contribution is 14.1. The number of imide groups is 1. The van der Waals surface area contributed by atoms with Gasteiger partial charge in [0.2, 0.25) is 5.91 Å². The van der Waals surface area contributed by atoms with Gasteiger partial charge in [-0.2, -0.15) is 0 Å². The molecule has 1 aliphatic heterocycles. The van der Waals surface area contributed by atoms with Crippen molar-refractivity contribution >= 4 is 57.0 Å². The Morgan fingerprint density at radius 2 is 2.20 bits per heavy atom. The van der Waals surface area contributed by atoms with E-state index in [9.17, 15) is 9.59 Å². The van der Waals surface area contributed by atoms with Crippen LogP contribution in [0.2, 0.25) is 0 Å². The van der Waals surface area contributed by atoms with E-state index in [0.29, 0.717) is 5.82 Å². The van der Waals surface area contributed by atoms with Gasteiger partial charge in [-0.25, -0.2) is 4.98 Å². The number of alkyl halides is 1. The van der Waals surface area contributed by atoms with E-state index in [1.807, 2.05) is 18.2 Å². The molecule has 2 heterocycles. The lowest BCUT2D eigenvalue weighted by Crippen LogP contribution is -2.27. The van der Waals surface area contributed by atoms with E-state index in [2.05, 4.69) is 27.6 Å². The summed E-state index contributed by atoms with van der Waals surface area (Å²) in [5, 5.41) is 0. The van der Waals surface area contributed by atoms with Crippen molar-refractivity contribution in [1.82, 2.24) is 14.5 Å². The molecule has 1 aromatic carbocycles. The minimum absolute atomic E-state index is 0.163. The molecule has 0 aliphatic carbocycles. The molecule has 1 aromatic heterocycles. The zero-order valence-corrected chi connectivity index (χ0v) is 13.6. The predicted octanol–water partition coefficient (Wildman–Crippen LogP) is 2.31.